The van der Waals surface area contributed by atoms with Gasteiger partial charge < -0.3 is 10.6 Å². The van der Waals surface area contributed by atoms with E-state index in [1.165, 1.54) is 29.2 Å². The van der Waals surface area contributed by atoms with Gasteiger partial charge in [0.15, 0.2) is 0 Å². The number of amides is 3. The largest absolute Gasteiger partial charge is 0.350 e. The average molecular weight is 468 g/mol. The van der Waals surface area contributed by atoms with Crippen LogP contribution in [-0.2, 0) is 5.41 Å². The summed E-state index contributed by atoms with van der Waals surface area (Å²) in [7, 11) is 0. The number of urea groups is 1. The molecule has 0 aliphatic carbocycles. The van der Waals surface area contributed by atoms with Crippen LogP contribution in [0, 0.1) is 5.82 Å². The molecule has 0 heterocycles. The van der Waals surface area contributed by atoms with Crippen LogP contribution in [-0.4, -0.2) is 25.0 Å². The van der Waals surface area contributed by atoms with E-state index in [4.69, 9.17) is 11.6 Å². The maximum Gasteiger partial charge on any atom is 0.326 e. The lowest BCUT2D eigenvalue weighted by molar-refractivity contribution is 0.0954. The van der Waals surface area contributed by atoms with Crippen molar-refractivity contribution < 1.29 is 14.0 Å². The van der Waals surface area contributed by atoms with Gasteiger partial charge >= 0.3 is 6.03 Å². The Labute approximate surface area is 198 Å². The number of carbonyl (C=O) groups excluding carboxylic acids is 2. The van der Waals surface area contributed by atoms with E-state index in [0.717, 1.165) is 5.56 Å². The Hall–Kier alpha value is -3.38. The molecule has 0 bridgehead atoms. The molecule has 3 rings (SSSR count). The summed E-state index contributed by atoms with van der Waals surface area (Å²) < 4.78 is 13.4. The maximum absolute atomic E-state index is 13.4. The Morgan fingerprint density at radius 2 is 1.52 bits per heavy atom. The molecule has 0 aliphatic heterocycles. The van der Waals surface area contributed by atoms with Crippen molar-refractivity contribution >= 4 is 34.9 Å². The third-order valence-electron chi connectivity index (χ3n) is 5.11. The van der Waals surface area contributed by atoms with Crippen molar-refractivity contribution in [2.75, 3.05) is 23.3 Å². The van der Waals surface area contributed by atoms with Crippen LogP contribution in [0.15, 0.2) is 72.8 Å². The number of hydrogen-bond acceptors (Lipinski definition) is 2. The third-order valence-corrected chi connectivity index (χ3v) is 5.37. The highest BCUT2D eigenvalue weighted by Crippen LogP contribution is 2.22. The summed E-state index contributed by atoms with van der Waals surface area (Å²) in [6.45, 7) is 6.74. The molecule has 3 amide bonds. The minimum atomic E-state index is -0.410. The summed E-state index contributed by atoms with van der Waals surface area (Å²) in [5.41, 5.74) is 2.76. The molecule has 172 valence electrons. The van der Waals surface area contributed by atoms with Gasteiger partial charge in [-0.3, -0.25) is 9.69 Å². The second-order valence-electron chi connectivity index (χ2n) is 8.65. The van der Waals surface area contributed by atoms with Crippen molar-refractivity contribution in [2.45, 2.75) is 26.2 Å². The molecule has 5 nitrogen and oxygen atoms in total. The smallest absolute Gasteiger partial charge is 0.326 e. The van der Waals surface area contributed by atoms with E-state index in [1.54, 1.807) is 36.4 Å². The molecule has 3 aromatic carbocycles. The van der Waals surface area contributed by atoms with Gasteiger partial charge in [0.2, 0.25) is 0 Å². The number of hydrogen-bond donors (Lipinski definition) is 2. The van der Waals surface area contributed by atoms with Crippen molar-refractivity contribution in [1.29, 1.82) is 0 Å². The number of nitrogens with zero attached hydrogens (tertiary/aromatic N) is 1. The normalized spacial score (nSPS) is 11.1. The number of benzene rings is 3. The second kappa shape index (κ2) is 10.5. The first-order valence-electron chi connectivity index (χ1n) is 10.6. The standard InChI is InChI=1S/C26H27ClFN3O2/c1-26(2,3)19-6-4-18(5-7-19)24(32)29-16-17-31(23-14-10-21(28)11-15-23)25(33)30-22-12-8-20(27)9-13-22/h4-15H,16-17H2,1-3H3,(H,29,32)(H,30,33). The molecule has 0 aliphatic rings. The highest BCUT2D eigenvalue weighted by Gasteiger charge is 2.18. The molecule has 3 aromatic rings. The number of anilines is 2. The van der Waals surface area contributed by atoms with Gasteiger partial charge in [-0.15, -0.1) is 0 Å². The Morgan fingerprint density at radius 3 is 2.09 bits per heavy atom. The van der Waals surface area contributed by atoms with E-state index in [-0.39, 0.29) is 24.4 Å². The molecule has 0 radical (unpaired) electrons. The van der Waals surface area contributed by atoms with E-state index in [2.05, 4.69) is 31.4 Å². The molecule has 0 atom stereocenters. The zero-order valence-corrected chi connectivity index (χ0v) is 19.6. The Morgan fingerprint density at radius 1 is 0.909 bits per heavy atom. The van der Waals surface area contributed by atoms with Crippen molar-refractivity contribution in [3.05, 3.63) is 94.8 Å². The van der Waals surface area contributed by atoms with Crippen LogP contribution in [0.4, 0.5) is 20.6 Å². The predicted molar refractivity (Wildman–Crippen MR) is 132 cm³/mol. The van der Waals surface area contributed by atoms with Crippen LogP contribution in [0.25, 0.3) is 0 Å². The highest BCUT2D eigenvalue weighted by atomic mass is 35.5. The minimum Gasteiger partial charge on any atom is -0.350 e. The minimum absolute atomic E-state index is 0.00210. The van der Waals surface area contributed by atoms with Crippen LogP contribution >= 0.6 is 11.6 Å². The Balaban J connectivity index is 1.67. The summed E-state index contributed by atoms with van der Waals surface area (Å²) in [6, 6.07) is 19.4. The average Bonchev–Trinajstić information content (AvgIpc) is 2.78. The van der Waals surface area contributed by atoms with Gasteiger partial charge in [-0.05, 0) is 71.6 Å². The van der Waals surface area contributed by atoms with Gasteiger partial charge in [0.1, 0.15) is 5.82 Å². The highest BCUT2D eigenvalue weighted by molar-refractivity contribution is 6.30. The first-order valence-corrected chi connectivity index (χ1v) is 11.0. The lowest BCUT2D eigenvalue weighted by Gasteiger charge is -2.23. The van der Waals surface area contributed by atoms with Crippen molar-refractivity contribution in [3.63, 3.8) is 0 Å². The third kappa shape index (κ3) is 6.80. The zero-order valence-electron chi connectivity index (χ0n) is 18.9. The van der Waals surface area contributed by atoms with E-state index in [1.807, 2.05) is 12.1 Å². The van der Waals surface area contributed by atoms with Gasteiger partial charge in [0, 0.05) is 35.1 Å². The van der Waals surface area contributed by atoms with Gasteiger partial charge in [0.25, 0.3) is 5.91 Å². The number of nitrogens with one attached hydrogen (secondary N) is 2. The summed E-state index contributed by atoms with van der Waals surface area (Å²) in [5.74, 6) is -0.628. The summed E-state index contributed by atoms with van der Waals surface area (Å²) in [5, 5.41) is 6.19. The fraction of sp³-hybridized carbons (Fsp3) is 0.231. The van der Waals surface area contributed by atoms with E-state index in [9.17, 15) is 14.0 Å². The monoisotopic (exact) mass is 467 g/mol. The lowest BCUT2D eigenvalue weighted by Crippen LogP contribution is -2.41. The van der Waals surface area contributed by atoms with Crippen LogP contribution in [0.5, 0.6) is 0 Å². The van der Waals surface area contributed by atoms with Gasteiger partial charge in [-0.2, -0.15) is 0 Å². The van der Waals surface area contributed by atoms with Crippen molar-refractivity contribution in [3.8, 4) is 0 Å². The fourth-order valence-corrected chi connectivity index (χ4v) is 3.32. The molecule has 2 N–H and O–H groups in total. The Bertz CT molecular complexity index is 1090. The number of halogens is 2. The SMILES string of the molecule is CC(C)(C)c1ccc(C(=O)NCCN(C(=O)Nc2ccc(Cl)cc2)c2ccc(F)cc2)cc1. The molecule has 0 aromatic heterocycles. The van der Waals surface area contributed by atoms with Crippen LogP contribution < -0.4 is 15.5 Å². The topological polar surface area (TPSA) is 61.4 Å². The van der Waals surface area contributed by atoms with Crippen LogP contribution in [0.2, 0.25) is 5.02 Å². The van der Waals surface area contributed by atoms with E-state index < -0.39 is 11.8 Å². The molecule has 0 saturated carbocycles. The van der Waals surface area contributed by atoms with E-state index >= 15 is 0 Å². The van der Waals surface area contributed by atoms with Crippen molar-refractivity contribution in [1.82, 2.24) is 5.32 Å². The number of carbonyl (C=O) groups is 2. The van der Waals surface area contributed by atoms with Crippen LogP contribution in [0.3, 0.4) is 0 Å². The van der Waals surface area contributed by atoms with Crippen LogP contribution in [0.1, 0.15) is 36.7 Å². The van der Waals surface area contributed by atoms with Crippen molar-refractivity contribution in [2.24, 2.45) is 0 Å². The van der Waals surface area contributed by atoms with Gasteiger partial charge in [-0.1, -0.05) is 44.5 Å². The molecular weight excluding hydrogens is 441 g/mol. The quantitative estimate of drug-likeness (QED) is 0.450. The molecule has 0 unspecified atom stereocenters. The Kier molecular flexibility index (Phi) is 7.71. The van der Waals surface area contributed by atoms with Gasteiger partial charge in [0.05, 0.1) is 0 Å². The molecule has 0 spiro atoms. The summed E-state index contributed by atoms with van der Waals surface area (Å²) >= 11 is 5.90. The number of rotatable bonds is 6. The second-order valence-corrected chi connectivity index (χ2v) is 9.08. The first kappa shape index (κ1) is 24.3. The van der Waals surface area contributed by atoms with E-state index in [0.29, 0.717) is 22.0 Å². The molecule has 7 heteroatoms. The summed E-state index contributed by atoms with van der Waals surface area (Å²) in [6.07, 6.45) is 0. The zero-order chi connectivity index (χ0) is 24.0. The fourth-order valence-electron chi connectivity index (χ4n) is 3.20. The predicted octanol–water partition coefficient (Wildman–Crippen LogP) is 6.25. The molecule has 0 saturated heterocycles. The first-order chi connectivity index (χ1) is 15.6. The molecule has 33 heavy (non-hydrogen) atoms. The summed E-state index contributed by atoms with van der Waals surface area (Å²) in [4.78, 5) is 26.9. The lowest BCUT2D eigenvalue weighted by atomic mass is 9.87. The molecular formula is C26H27ClFN3O2. The maximum atomic E-state index is 13.4. The van der Waals surface area contributed by atoms with Gasteiger partial charge in [-0.25, -0.2) is 9.18 Å². The molecule has 0 fully saturated rings.